The summed E-state index contributed by atoms with van der Waals surface area (Å²) in [6.45, 7) is 0. The summed E-state index contributed by atoms with van der Waals surface area (Å²) in [5.41, 5.74) is 6.95. The number of carbonyl (C=O) groups excluding carboxylic acids is 1. The second kappa shape index (κ2) is 7.42. The minimum Gasteiger partial charge on any atom is -0.406 e. The summed E-state index contributed by atoms with van der Waals surface area (Å²) in [5.74, 6) is -0.809. The number of aliphatic imine (C=N–C) groups is 1. The molecule has 0 radical (unpaired) electrons. The molecule has 4 rings (SSSR count). The van der Waals surface area contributed by atoms with Crippen LogP contribution in [0.4, 0.5) is 13.2 Å². The molecule has 0 saturated carbocycles. The van der Waals surface area contributed by atoms with Gasteiger partial charge < -0.3 is 10.5 Å². The van der Waals surface area contributed by atoms with Crippen LogP contribution >= 0.6 is 0 Å². The third-order valence-corrected chi connectivity index (χ3v) is 5.02. The third kappa shape index (κ3) is 3.70. The summed E-state index contributed by atoms with van der Waals surface area (Å²) in [6.07, 6.45) is -1.47. The average molecular weight is 426 g/mol. The van der Waals surface area contributed by atoms with Gasteiger partial charge in [-0.2, -0.15) is 0 Å². The number of rotatable bonds is 4. The van der Waals surface area contributed by atoms with E-state index in [1.807, 2.05) is 12.1 Å². The number of halogens is 3. The molecule has 158 valence electrons. The van der Waals surface area contributed by atoms with Gasteiger partial charge in [-0.3, -0.25) is 14.7 Å². The number of alkyl halides is 3. The first-order valence-corrected chi connectivity index (χ1v) is 9.21. The van der Waals surface area contributed by atoms with E-state index in [1.165, 1.54) is 24.1 Å². The van der Waals surface area contributed by atoms with Gasteiger partial charge in [-0.05, 0) is 46.5 Å². The molecule has 1 aliphatic rings. The number of pyridine rings is 1. The monoisotopic (exact) mass is 426 g/mol. The number of ether oxygens (including phenoxy) is 1. The lowest BCUT2D eigenvalue weighted by Crippen LogP contribution is -2.41. The van der Waals surface area contributed by atoms with E-state index in [2.05, 4.69) is 14.7 Å². The highest BCUT2D eigenvalue weighted by Gasteiger charge is 2.49. The van der Waals surface area contributed by atoms with Gasteiger partial charge in [0.15, 0.2) is 11.5 Å². The Morgan fingerprint density at radius 3 is 2.29 bits per heavy atom. The van der Waals surface area contributed by atoms with Gasteiger partial charge in [-0.15, -0.1) is 13.2 Å². The third-order valence-electron chi connectivity index (χ3n) is 5.02. The Kier molecular flexibility index (Phi) is 4.88. The summed E-state index contributed by atoms with van der Waals surface area (Å²) < 4.78 is 41.5. The molecular weight excluding hydrogens is 409 g/mol. The second-order valence-corrected chi connectivity index (χ2v) is 6.94. The molecule has 0 saturated heterocycles. The molecule has 0 spiro atoms. The molecule has 0 unspecified atom stereocenters. The van der Waals surface area contributed by atoms with Gasteiger partial charge in [0, 0.05) is 19.4 Å². The number of likely N-dealkylation sites (N-methyl/N-ethyl adjacent to an activating group) is 1. The lowest BCUT2D eigenvalue weighted by molar-refractivity contribution is -0.274. The highest BCUT2D eigenvalue weighted by atomic mass is 19.4. The van der Waals surface area contributed by atoms with E-state index in [1.54, 1.807) is 36.7 Å². The number of nitrogens with two attached hydrogens (primary N) is 1. The van der Waals surface area contributed by atoms with Gasteiger partial charge >= 0.3 is 6.36 Å². The van der Waals surface area contributed by atoms with Crippen LogP contribution in [0, 0.1) is 0 Å². The Bertz CT molecular complexity index is 1150. The topological polar surface area (TPSA) is 80.8 Å². The zero-order valence-electron chi connectivity index (χ0n) is 16.3. The number of amides is 1. The van der Waals surface area contributed by atoms with Crippen molar-refractivity contribution in [2.75, 3.05) is 7.05 Å². The predicted molar refractivity (Wildman–Crippen MR) is 108 cm³/mol. The van der Waals surface area contributed by atoms with Gasteiger partial charge in [-0.25, -0.2) is 4.99 Å². The summed E-state index contributed by atoms with van der Waals surface area (Å²) in [5, 5.41) is 0. The van der Waals surface area contributed by atoms with Crippen LogP contribution < -0.4 is 10.5 Å². The lowest BCUT2D eigenvalue weighted by atomic mass is 9.82. The van der Waals surface area contributed by atoms with Crippen LogP contribution in [0.15, 0.2) is 78.0 Å². The van der Waals surface area contributed by atoms with E-state index < -0.39 is 23.6 Å². The van der Waals surface area contributed by atoms with Crippen molar-refractivity contribution in [3.8, 4) is 16.9 Å². The standard InChI is InChI=1S/C22H17F3N4O2/c1-29-19(30)21(28-20(29)26,16-7-9-18(10-8-16)31-22(23,24)25)17-6-2-4-14(12-17)15-5-3-11-27-13-15/h2-13H,1H3,(H2,26,28)/t21-/m1/s1. The molecule has 2 N–H and O–H groups in total. The van der Waals surface area contributed by atoms with Crippen molar-refractivity contribution >= 4 is 11.9 Å². The van der Waals surface area contributed by atoms with Crippen LogP contribution in [-0.2, 0) is 10.3 Å². The highest BCUT2D eigenvalue weighted by Crippen LogP contribution is 2.41. The Morgan fingerprint density at radius 1 is 1.00 bits per heavy atom. The lowest BCUT2D eigenvalue weighted by Gasteiger charge is -2.26. The van der Waals surface area contributed by atoms with Crippen LogP contribution in [0.25, 0.3) is 11.1 Å². The zero-order chi connectivity index (χ0) is 22.2. The zero-order valence-corrected chi connectivity index (χ0v) is 16.3. The Morgan fingerprint density at radius 2 is 1.71 bits per heavy atom. The van der Waals surface area contributed by atoms with E-state index in [-0.39, 0.29) is 5.96 Å². The van der Waals surface area contributed by atoms with E-state index in [4.69, 9.17) is 5.73 Å². The van der Waals surface area contributed by atoms with Crippen LogP contribution in [0.3, 0.4) is 0 Å². The first kappa shape index (κ1) is 20.4. The summed E-state index contributed by atoms with van der Waals surface area (Å²) in [4.78, 5) is 23.1. The fourth-order valence-electron chi connectivity index (χ4n) is 3.54. The van der Waals surface area contributed by atoms with E-state index in [0.717, 1.165) is 23.3 Å². The molecule has 1 aromatic heterocycles. The van der Waals surface area contributed by atoms with Crippen LogP contribution in [-0.4, -0.2) is 35.2 Å². The Labute approximate surface area is 175 Å². The van der Waals surface area contributed by atoms with Crippen LogP contribution in [0.5, 0.6) is 5.75 Å². The average Bonchev–Trinajstić information content (AvgIpc) is 2.99. The number of hydrogen-bond acceptors (Lipinski definition) is 5. The fraction of sp³-hybridized carbons (Fsp3) is 0.136. The first-order valence-electron chi connectivity index (χ1n) is 9.21. The summed E-state index contributed by atoms with van der Waals surface area (Å²) in [7, 11) is 1.50. The number of aromatic nitrogens is 1. The van der Waals surface area contributed by atoms with Gasteiger partial charge in [0.2, 0.25) is 0 Å². The normalized spacial score (nSPS) is 18.8. The SMILES string of the molecule is CN1C(=O)[C@@](c2ccc(OC(F)(F)F)cc2)(c2cccc(-c3cccnc3)c2)N=C1N. The first-order chi connectivity index (χ1) is 14.7. The van der Waals surface area contributed by atoms with Crippen molar-refractivity contribution in [1.82, 2.24) is 9.88 Å². The smallest absolute Gasteiger partial charge is 0.406 e. The molecule has 0 fully saturated rings. The van der Waals surface area contributed by atoms with Gasteiger partial charge in [0.25, 0.3) is 5.91 Å². The maximum absolute atomic E-state index is 13.3. The number of benzene rings is 2. The summed E-state index contributed by atoms with van der Waals surface area (Å²) >= 11 is 0. The van der Waals surface area contributed by atoms with Crippen molar-refractivity contribution in [2.24, 2.45) is 10.7 Å². The minimum absolute atomic E-state index is 0.00685. The Hall–Kier alpha value is -3.88. The van der Waals surface area contributed by atoms with Crippen LogP contribution in [0.2, 0.25) is 0 Å². The van der Waals surface area contributed by atoms with Gasteiger partial charge in [0.1, 0.15) is 5.75 Å². The van der Waals surface area contributed by atoms with Crippen molar-refractivity contribution < 1.29 is 22.7 Å². The molecule has 9 heteroatoms. The molecule has 3 aromatic rings. The van der Waals surface area contributed by atoms with E-state index in [0.29, 0.717) is 11.1 Å². The van der Waals surface area contributed by atoms with Crippen molar-refractivity contribution in [1.29, 1.82) is 0 Å². The second-order valence-electron chi connectivity index (χ2n) is 6.94. The number of nitrogens with zero attached hydrogens (tertiary/aromatic N) is 3. The maximum atomic E-state index is 13.3. The quantitative estimate of drug-likeness (QED) is 0.690. The predicted octanol–water partition coefficient (Wildman–Crippen LogP) is 3.68. The molecule has 2 heterocycles. The molecule has 0 aliphatic carbocycles. The Balaban J connectivity index is 1.84. The highest BCUT2D eigenvalue weighted by molar-refractivity contribution is 6.09. The van der Waals surface area contributed by atoms with Crippen molar-refractivity contribution in [2.45, 2.75) is 11.9 Å². The minimum atomic E-state index is -4.82. The number of carbonyl (C=O) groups is 1. The molecule has 1 atom stereocenters. The number of hydrogen-bond donors (Lipinski definition) is 1. The molecular formula is C22H17F3N4O2. The van der Waals surface area contributed by atoms with Gasteiger partial charge in [0.05, 0.1) is 0 Å². The molecule has 1 aliphatic heterocycles. The molecule has 1 amide bonds. The van der Waals surface area contributed by atoms with Gasteiger partial charge in [-0.1, -0.05) is 36.4 Å². The van der Waals surface area contributed by atoms with Crippen molar-refractivity contribution in [3.63, 3.8) is 0 Å². The van der Waals surface area contributed by atoms with E-state index in [9.17, 15) is 18.0 Å². The summed E-state index contributed by atoms with van der Waals surface area (Å²) in [6, 6.07) is 15.9. The van der Waals surface area contributed by atoms with Crippen molar-refractivity contribution in [3.05, 3.63) is 84.2 Å². The van der Waals surface area contributed by atoms with Crippen LogP contribution in [0.1, 0.15) is 11.1 Å². The molecule has 2 aromatic carbocycles. The molecule has 0 bridgehead atoms. The van der Waals surface area contributed by atoms with E-state index >= 15 is 0 Å². The molecule has 31 heavy (non-hydrogen) atoms. The molecule has 6 nitrogen and oxygen atoms in total. The largest absolute Gasteiger partial charge is 0.573 e. The fourth-order valence-corrected chi connectivity index (χ4v) is 3.54. The number of guanidine groups is 1. The maximum Gasteiger partial charge on any atom is 0.573 e.